The molecule has 0 spiro atoms. The zero-order chi connectivity index (χ0) is 13.1. The van der Waals surface area contributed by atoms with Gasteiger partial charge in [-0.3, -0.25) is 4.90 Å². The number of hydrogen-bond acceptors (Lipinski definition) is 1. The Labute approximate surface area is 119 Å². The highest BCUT2D eigenvalue weighted by atomic mass is 35.5. The fourth-order valence-corrected chi connectivity index (χ4v) is 2.88. The van der Waals surface area contributed by atoms with E-state index in [9.17, 15) is 0 Å². The Balaban J connectivity index is 1.74. The molecule has 0 N–H and O–H groups in total. The summed E-state index contributed by atoms with van der Waals surface area (Å²) in [6, 6.07) is 17.0. The maximum atomic E-state index is 5.93. The fraction of sp³-hybridized carbons (Fsp3) is 0.294. The Morgan fingerprint density at radius 1 is 0.947 bits per heavy atom. The van der Waals surface area contributed by atoms with Gasteiger partial charge in [-0.15, -0.1) is 0 Å². The fourth-order valence-electron chi connectivity index (χ4n) is 2.75. The van der Waals surface area contributed by atoms with Gasteiger partial charge in [-0.1, -0.05) is 48.0 Å². The van der Waals surface area contributed by atoms with Crippen LogP contribution in [0.4, 0.5) is 0 Å². The van der Waals surface area contributed by atoms with E-state index in [1.165, 1.54) is 29.5 Å². The molecule has 0 fully saturated rings. The Bertz CT molecular complexity index is 547. The third-order valence-corrected chi connectivity index (χ3v) is 4.00. The first-order chi connectivity index (χ1) is 9.31. The highest BCUT2D eigenvalue weighted by Crippen LogP contribution is 2.20. The van der Waals surface area contributed by atoms with Crippen molar-refractivity contribution in [1.82, 2.24) is 4.90 Å². The third kappa shape index (κ3) is 3.17. The monoisotopic (exact) mass is 271 g/mol. The Kier molecular flexibility index (Phi) is 3.86. The van der Waals surface area contributed by atoms with Crippen molar-refractivity contribution >= 4 is 11.6 Å². The first-order valence-corrected chi connectivity index (χ1v) is 7.23. The van der Waals surface area contributed by atoms with Crippen molar-refractivity contribution in [3.8, 4) is 0 Å². The van der Waals surface area contributed by atoms with Crippen molar-refractivity contribution < 1.29 is 0 Å². The molecule has 0 radical (unpaired) electrons. The highest BCUT2D eigenvalue weighted by Gasteiger charge is 2.13. The molecule has 1 aliphatic heterocycles. The number of fused-ring (bicyclic) bond motifs is 1. The SMILES string of the molecule is Clc1ccc(CN2CCCc3ccccc3C2)cc1. The molecule has 1 aliphatic rings. The van der Waals surface area contributed by atoms with Gasteiger partial charge in [0.2, 0.25) is 0 Å². The molecule has 19 heavy (non-hydrogen) atoms. The second kappa shape index (κ2) is 5.77. The standard InChI is InChI=1S/C17H18ClN/c18-17-9-7-14(8-10-17)12-19-11-3-6-15-4-1-2-5-16(15)13-19/h1-2,4-5,7-10H,3,6,11-13H2. The average molecular weight is 272 g/mol. The molecule has 2 heteroatoms. The van der Waals surface area contributed by atoms with Gasteiger partial charge in [0.25, 0.3) is 0 Å². The van der Waals surface area contributed by atoms with Crippen molar-refractivity contribution in [1.29, 1.82) is 0 Å². The number of hydrogen-bond donors (Lipinski definition) is 0. The molecule has 2 aromatic carbocycles. The number of aryl methyl sites for hydroxylation is 1. The van der Waals surface area contributed by atoms with E-state index in [2.05, 4.69) is 41.3 Å². The molecule has 0 amide bonds. The van der Waals surface area contributed by atoms with E-state index < -0.39 is 0 Å². The van der Waals surface area contributed by atoms with Gasteiger partial charge < -0.3 is 0 Å². The quantitative estimate of drug-likeness (QED) is 0.788. The smallest absolute Gasteiger partial charge is 0.0406 e. The van der Waals surface area contributed by atoms with Gasteiger partial charge in [-0.2, -0.15) is 0 Å². The molecule has 1 heterocycles. The summed E-state index contributed by atoms with van der Waals surface area (Å²) in [6.07, 6.45) is 2.44. The summed E-state index contributed by atoms with van der Waals surface area (Å²) < 4.78 is 0. The molecule has 0 aliphatic carbocycles. The van der Waals surface area contributed by atoms with Crippen LogP contribution in [-0.4, -0.2) is 11.4 Å². The predicted octanol–water partition coefficient (Wildman–Crippen LogP) is 4.29. The van der Waals surface area contributed by atoms with E-state index >= 15 is 0 Å². The predicted molar refractivity (Wildman–Crippen MR) is 80.3 cm³/mol. The van der Waals surface area contributed by atoms with Gasteiger partial charge in [-0.25, -0.2) is 0 Å². The normalized spacial score (nSPS) is 15.8. The summed E-state index contributed by atoms with van der Waals surface area (Å²) in [5.41, 5.74) is 4.33. The lowest BCUT2D eigenvalue weighted by Gasteiger charge is -2.20. The van der Waals surface area contributed by atoms with E-state index in [1.54, 1.807) is 0 Å². The van der Waals surface area contributed by atoms with Gasteiger partial charge in [-0.05, 0) is 48.2 Å². The van der Waals surface area contributed by atoms with Crippen LogP contribution >= 0.6 is 11.6 Å². The van der Waals surface area contributed by atoms with Gasteiger partial charge in [0.1, 0.15) is 0 Å². The average Bonchev–Trinajstić information content (AvgIpc) is 2.63. The van der Waals surface area contributed by atoms with E-state index in [4.69, 9.17) is 11.6 Å². The van der Waals surface area contributed by atoms with E-state index in [-0.39, 0.29) is 0 Å². The number of rotatable bonds is 2. The second-order valence-electron chi connectivity index (χ2n) is 5.21. The van der Waals surface area contributed by atoms with Gasteiger partial charge in [0, 0.05) is 18.1 Å². The largest absolute Gasteiger partial charge is 0.295 e. The molecule has 0 atom stereocenters. The molecule has 0 aromatic heterocycles. The van der Waals surface area contributed by atoms with Crippen LogP contribution < -0.4 is 0 Å². The molecule has 1 nitrogen and oxygen atoms in total. The van der Waals surface area contributed by atoms with Crippen LogP contribution in [0.3, 0.4) is 0 Å². The minimum absolute atomic E-state index is 0.810. The molecule has 3 rings (SSSR count). The second-order valence-corrected chi connectivity index (χ2v) is 5.65. The summed E-state index contributed by atoms with van der Waals surface area (Å²) in [4.78, 5) is 2.52. The number of halogens is 1. The Morgan fingerprint density at radius 3 is 2.47 bits per heavy atom. The van der Waals surface area contributed by atoms with Gasteiger partial charge >= 0.3 is 0 Å². The van der Waals surface area contributed by atoms with Crippen molar-refractivity contribution in [3.05, 3.63) is 70.2 Å². The van der Waals surface area contributed by atoms with Crippen LogP contribution in [-0.2, 0) is 19.5 Å². The minimum atomic E-state index is 0.810. The van der Waals surface area contributed by atoms with Crippen molar-refractivity contribution in [3.63, 3.8) is 0 Å². The van der Waals surface area contributed by atoms with Crippen LogP contribution in [0.2, 0.25) is 5.02 Å². The summed E-state index contributed by atoms with van der Waals surface area (Å²) in [6.45, 7) is 3.22. The van der Waals surface area contributed by atoms with Crippen LogP contribution in [0.15, 0.2) is 48.5 Å². The molecule has 0 saturated carbocycles. The van der Waals surface area contributed by atoms with Gasteiger partial charge in [0.15, 0.2) is 0 Å². The van der Waals surface area contributed by atoms with Crippen molar-refractivity contribution in [2.45, 2.75) is 25.9 Å². The Hall–Kier alpha value is -1.31. The first kappa shape index (κ1) is 12.7. The third-order valence-electron chi connectivity index (χ3n) is 3.75. The maximum absolute atomic E-state index is 5.93. The van der Waals surface area contributed by atoms with E-state index in [1.807, 2.05) is 12.1 Å². The zero-order valence-corrected chi connectivity index (χ0v) is 11.7. The minimum Gasteiger partial charge on any atom is -0.295 e. The summed E-state index contributed by atoms with van der Waals surface area (Å²) in [7, 11) is 0. The summed E-state index contributed by atoms with van der Waals surface area (Å²) in [5, 5.41) is 0.810. The topological polar surface area (TPSA) is 3.24 Å². The summed E-state index contributed by atoms with van der Waals surface area (Å²) in [5.74, 6) is 0. The molecule has 0 saturated heterocycles. The van der Waals surface area contributed by atoms with Crippen LogP contribution in [0, 0.1) is 0 Å². The van der Waals surface area contributed by atoms with E-state index in [0.29, 0.717) is 0 Å². The highest BCUT2D eigenvalue weighted by molar-refractivity contribution is 6.30. The van der Waals surface area contributed by atoms with Crippen molar-refractivity contribution in [2.75, 3.05) is 6.54 Å². The van der Waals surface area contributed by atoms with Crippen LogP contribution in [0.5, 0.6) is 0 Å². The Morgan fingerprint density at radius 2 is 1.68 bits per heavy atom. The van der Waals surface area contributed by atoms with Crippen molar-refractivity contribution in [2.24, 2.45) is 0 Å². The van der Waals surface area contributed by atoms with Crippen LogP contribution in [0.25, 0.3) is 0 Å². The molecule has 2 aromatic rings. The lowest BCUT2D eigenvalue weighted by atomic mass is 10.0. The molecular weight excluding hydrogens is 254 g/mol. The lowest BCUT2D eigenvalue weighted by molar-refractivity contribution is 0.261. The zero-order valence-electron chi connectivity index (χ0n) is 11.0. The summed E-state index contributed by atoms with van der Waals surface area (Å²) >= 11 is 5.93. The molecule has 0 bridgehead atoms. The maximum Gasteiger partial charge on any atom is 0.0406 e. The number of benzene rings is 2. The molecule has 0 unspecified atom stereocenters. The lowest BCUT2D eigenvalue weighted by Crippen LogP contribution is -2.22. The molecule has 98 valence electrons. The number of nitrogens with zero attached hydrogens (tertiary/aromatic N) is 1. The molecular formula is C17H18ClN. The van der Waals surface area contributed by atoms with Crippen LogP contribution in [0.1, 0.15) is 23.1 Å². The first-order valence-electron chi connectivity index (χ1n) is 6.85. The van der Waals surface area contributed by atoms with E-state index in [0.717, 1.165) is 24.7 Å². The van der Waals surface area contributed by atoms with Gasteiger partial charge in [0.05, 0.1) is 0 Å².